The fraction of sp³-hybridized carbons (Fsp3) is 0.400. The summed E-state index contributed by atoms with van der Waals surface area (Å²) >= 11 is 0. The van der Waals surface area contributed by atoms with Crippen LogP contribution in [0, 0.1) is 12.7 Å². The van der Waals surface area contributed by atoms with Gasteiger partial charge in [0.2, 0.25) is 0 Å². The molecule has 0 aliphatic rings. The van der Waals surface area contributed by atoms with E-state index in [-0.39, 0.29) is 12.4 Å². The van der Waals surface area contributed by atoms with Crippen LogP contribution in [0.1, 0.15) is 25.0 Å². The first-order chi connectivity index (χ1) is 9.70. The fourth-order valence-electron chi connectivity index (χ4n) is 2.06. The SMILES string of the molecule is Cc1cc(NCCCCCO)nn1-c1cccc(F)c1. The molecule has 2 rings (SSSR count). The molecule has 20 heavy (non-hydrogen) atoms. The third-order valence-electron chi connectivity index (χ3n) is 3.08. The summed E-state index contributed by atoms with van der Waals surface area (Å²) in [5.41, 5.74) is 1.67. The van der Waals surface area contributed by atoms with E-state index in [4.69, 9.17) is 5.11 Å². The highest BCUT2D eigenvalue weighted by atomic mass is 19.1. The van der Waals surface area contributed by atoms with Crippen LogP contribution in [0.15, 0.2) is 30.3 Å². The van der Waals surface area contributed by atoms with E-state index in [0.29, 0.717) is 0 Å². The maximum Gasteiger partial charge on any atom is 0.148 e. The molecule has 0 spiro atoms. The first-order valence-corrected chi connectivity index (χ1v) is 6.88. The average molecular weight is 277 g/mol. The number of aromatic nitrogens is 2. The Kier molecular flexibility index (Phi) is 5.12. The molecule has 4 nitrogen and oxygen atoms in total. The van der Waals surface area contributed by atoms with Crippen molar-refractivity contribution in [1.82, 2.24) is 9.78 Å². The molecule has 0 amide bonds. The predicted molar refractivity (Wildman–Crippen MR) is 77.7 cm³/mol. The highest BCUT2D eigenvalue weighted by molar-refractivity contribution is 5.41. The Bertz CT molecular complexity index is 554. The lowest BCUT2D eigenvalue weighted by molar-refractivity contribution is 0.283. The van der Waals surface area contributed by atoms with E-state index in [2.05, 4.69) is 10.4 Å². The number of hydrogen-bond acceptors (Lipinski definition) is 3. The van der Waals surface area contributed by atoms with Gasteiger partial charge in [-0.2, -0.15) is 5.10 Å². The first-order valence-electron chi connectivity index (χ1n) is 6.88. The van der Waals surface area contributed by atoms with Gasteiger partial charge in [-0.15, -0.1) is 0 Å². The number of nitrogens with one attached hydrogen (secondary N) is 1. The van der Waals surface area contributed by atoms with Crippen molar-refractivity contribution in [2.75, 3.05) is 18.5 Å². The van der Waals surface area contributed by atoms with Crippen molar-refractivity contribution in [2.45, 2.75) is 26.2 Å². The molecule has 0 aliphatic heterocycles. The zero-order valence-electron chi connectivity index (χ0n) is 11.6. The van der Waals surface area contributed by atoms with Crippen molar-refractivity contribution in [1.29, 1.82) is 0 Å². The van der Waals surface area contributed by atoms with Gasteiger partial charge in [0.15, 0.2) is 0 Å². The molecule has 0 saturated heterocycles. The van der Waals surface area contributed by atoms with Crippen molar-refractivity contribution in [2.24, 2.45) is 0 Å². The van der Waals surface area contributed by atoms with Crippen molar-refractivity contribution in [3.05, 3.63) is 41.8 Å². The van der Waals surface area contributed by atoms with Gasteiger partial charge in [-0.05, 0) is 44.4 Å². The largest absolute Gasteiger partial charge is 0.396 e. The van der Waals surface area contributed by atoms with Crippen molar-refractivity contribution >= 4 is 5.82 Å². The lowest BCUT2D eigenvalue weighted by atomic mass is 10.2. The summed E-state index contributed by atoms with van der Waals surface area (Å²) in [6, 6.07) is 8.33. The number of rotatable bonds is 7. The monoisotopic (exact) mass is 277 g/mol. The molecule has 0 atom stereocenters. The Morgan fingerprint density at radius 3 is 2.85 bits per heavy atom. The summed E-state index contributed by atoms with van der Waals surface area (Å²) < 4.78 is 15.0. The summed E-state index contributed by atoms with van der Waals surface area (Å²) in [5, 5.41) is 16.4. The molecule has 1 aromatic heterocycles. The third kappa shape index (κ3) is 3.81. The summed E-state index contributed by atoms with van der Waals surface area (Å²) in [6.45, 7) is 3.00. The van der Waals surface area contributed by atoms with Crippen LogP contribution in [-0.2, 0) is 0 Å². The molecule has 1 aromatic carbocycles. The highest BCUT2D eigenvalue weighted by Gasteiger charge is 2.06. The van der Waals surface area contributed by atoms with E-state index in [0.717, 1.165) is 43.0 Å². The normalized spacial score (nSPS) is 10.8. The number of unbranched alkanes of at least 4 members (excludes halogenated alkanes) is 2. The molecule has 2 N–H and O–H groups in total. The summed E-state index contributed by atoms with van der Waals surface area (Å²) in [4.78, 5) is 0. The highest BCUT2D eigenvalue weighted by Crippen LogP contribution is 2.16. The number of aliphatic hydroxyl groups excluding tert-OH is 1. The van der Waals surface area contributed by atoms with Crippen LogP contribution in [-0.4, -0.2) is 28.0 Å². The molecule has 2 aromatic rings. The van der Waals surface area contributed by atoms with E-state index >= 15 is 0 Å². The van der Waals surface area contributed by atoms with Crippen LogP contribution >= 0.6 is 0 Å². The number of halogens is 1. The predicted octanol–water partition coefficient (Wildman–Crippen LogP) is 2.89. The van der Waals surface area contributed by atoms with Crippen molar-refractivity contribution in [3.63, 3.8) is 0 Å². The maximum absolute atomic E-state index is 13.2. The van der Waals surface area contributed by atoms with Gasteiger partial charge >= 0.3 is 0 Å². The molecular formula is C15H20FN3O. The molecular weight excluding hydrogens is 257 g/mol. The number of anilines is 1. The molecule has 0 saturated carbocycles. The smallest absolute Gasteiger partial charge is 0.148 e. The van der Waals surface area contributed by atoms with Gasteiger partial charge in [-0.1, -0.05) is 6.07 Å². The average Bonchev–Trinajstić information content (AvgIpc) is 2.80. The lowest BCUT2D eigenvalue weighted by Gasteiger charge is -2.04. The lowest BCUT2D eigenvalue weighted by Crippen LogP contribution is -2.04. The van der Waals surface area contributed by atoms with Gasteiger partial charge in [-0.25, -0.2) is 9.07 Å². The fourth-order valence-corrected chi connectivity index (χ4v) is 2.06. The molecule has 5 heteroatoms. The maximum atomic E-state index is 13.2. The van der Waals surface area contributed by atoms with Gasteiger partial charge in [0.1, 0.15) is 11.6 Å². The minimum absolute atomic E-state index is 0.243. The quantitative estimate of drug-likeness (QED) is 0.765. The van der Waals surface area contributed by atoms with Crippen LogP contribution in [0.3, 0.4) is 0 Å². The molecule has 0 aliphatic carbocycles. The molecule has 0 bridgehead atoms. The van der Waals surface area contributed by atoms with Crippen LogP contribution in [0.5, 0.6) is 0 Å². The Morgan fingerprint density at radius 1 is 1.25 bits per heavy atom. The second-order valence-electron chi connectivity index (χ2n) is 4.77. The minimum Gasteiger partial charge on any atom is -0.396 e. The van der Waals surface area contributed by atoms with Gasteiger partial charge in [-0.3, -0.25) is 0 Å². The molecule has 0 unspecified atom stereocenters. The van der Waals surface area contributed by atoms with Gasteiger partial charge < -0.3 is 10.4 Å². The van der Waals surface area contributed by atoms with Crippen molar-refractivity contribution in [3.8, 4) is 5.69 Å². The van der Waals surface area contributed by atoms with E-state index in [1.807, 2.05) is 19.1 Å². The Balaban J connectivity index is 1.99. The van der Waals surface area contributed by atoms with Gasteiger partial charge in [0, 0.05) is 24.9 Å². The van der Waals surface area contributed by atoms with Gasteiger partial charge in [0.05, 0.1) is 5.69 Å². The zero-order chi connectivity index (χ0) is 14.4. The first kappa shape index (κ1) is 14.5. The molecule has 108 valence electrons. The van der Waals surface area contributed by atoms with E-state index in [9.17, 15) is 4.39 Å². The summed E-state index contributed by atoms with van der Waals surface area (Å²) in [6.07, 6.45) is 2.82. The standard InChI is InChI=1S/C15H20FN3O/c1-12-10-15(17-8-3-2-4-9-20)18-19(12)14-7-5-6-13(16)11-14/h5-7,10-11,20H,2-4,8-9H2,1H3,(H,17,18). The van der Waals surface area contributed by atoms with Crippen LogP contribution in [0.25, 0.3) is 5.69 Å². The van der Waals surface area contributed by atoms with E-state index < -0.39 is 0 Å². The summed E-state index contributed by atoms with van der Waals surface area (Å²) in [7, 11) is 0. The number of aliphatic hydroxyl groups is 1. The van der Waals surface area contributed by atoms with Crippen LogP contribution in [0.2, 0.25) is 0 Å². The molecule has 0 fully saturated rings. The van der Waals surface area contributed by atoms with E-state index in [1.165, 1.54) is 12.1 Å². The van der Waals surface area contributed by atoms with E-state index in [1.54, 1.807) is 10.7 Å². The molecule has 0 radical (unpaired) electrons. The van der Waals surface area contributed by atoms with Crippen molar-refractivity contribution < 1.29 is 9.50 Å². The zero-order valence-corrected chi connectivity index (χ0v) is 11.6. The number of hydrogen-bond donors (Lipinski definition) is 2. The van der Waals surface area contributed by atoms with Crippen LogP contribution < -0.4 is 5.32 Å². The van der Waals surface area contributed by atoms with Crippen LogP contribution in [0.4, 0.5) is 10.2 Å². The number of nitrogens with zero attached hydrogens (tertiary/aromatic N) is 2. The Hall–Kier alpha value is -1.88. The molecule has 1 heterocycles. The second kappa shape index (κ2) is 7.05. The second-order valence-corrected chi connectivity index (χ2v) is 4.77. The summed E-state index contributed by atoms with van der Waals surface area (Å²) in [5.74, 6) is 0.520. The Labute approximate surface area is 118 Å². The van der Waals surface area contributed by atoms with Gasteiger partial charge in [0.25, 0.3) is 0 Å². The third-order valence-corrected chi connectivity index (χ3v) is 3.08. The number of aryl methyl sites for hydroxylation is 1. The number of benzene rings is 1. The Morgan fingerprint density at radius 2 is 2.10 bits per heavy atom. The minimum atomic E-state index is -0.268. The topological polar surface area (TPSA) is 50.1 Å².